The van der Waals surface area contributed by atoms with Crippen LogP contribution in [0.2, 0.25) is 5.02 Å². The van der Waals surface area contributed by atoms with Crippen molar-refractivity contribution in [2.24, 2.45) is 0 Å². The monoisotopic (exact) mass is 303 g/mol. The number of hydrogen-bond acceptors (Lipinski definition) is 4. The van der Waals surface area contributed by atoms with Crippen molar-refractivity contribution in [1.82, 2.24) is 5.32 Å². The highest BCUT2D eigenvalue weighted by Gasteiger charge is 2.21. The van der Waals surface area contributed by atoms with Gasteiger partial charge in [0.2, 0.25) is 0 Å². The Balaban J connectivity index is 2.90. The molecule has 0 heterocycles. The van der Waals surface area contributed by atoms with Gasteiger partial charge in [-0.3, -0.25) is 4.79 Å². The smallest absolute Gasteiger partial charge is 0.326 e. The molecule has 0 fully saturated rings. The Bertz CT molecular complexity index is 481. The summed E-state index contributed by atoms with van der Waals surface area (Å²) < 4.78 is 0. The van der Waals surface area contributed by atoms with E-state index in [4.69, 9.17) is 21.8 Å². The van der Waals surface area contributed by atoms with Crippen LogP contribution in [0.25, 0.3) is 0 Å². The van der Waals surface area contributed by atoms with Crippen molar-refractivity contribution in [2.45, 2.75) is 17.4 Å². The van der Waals surface area contributed by atoms with Gasteiger partial charge in [-0.05, 0) is 24.5 Å². The Morgan fingerprint density at radius 1 is 1.47 bits per heavy atom. The van der Waals surface area contributed by atoms with E-state index in [1.807, 2.05) is 6.26 Å². The van der Waals surface area contributed by atoms with Gasteiger partial charge in [-0.2, -0.15) is 0 Å². The highest BCUT2D eigenvalue weighted by Crippen LogP contribution is 2.23. The minimum Gasteiger partial charge on any atom is -0.480 e. The van der Waals surface area contributed by atoms with Gasteiger partial charge in [-0.15, -0.1) is 11.8 Å². The molecule has 7 heteroatoms. The van der Waals surface area contributed by atoms with Crippen LogP contribution in [0.3, 0.4) is 0 Å². The van der Waals surface area contributed by atoms with Crippen LogP contribution in [0, 0.1) is 0 Å². The summed E-state index contributed by atoms with van der Waals surface area (Å²) in [6.45, 7) is -0.324. The standard InChI is InChI=1S/C12H14ClNO4S/c1-19-7-2-3-9(13)8(6-7)11(16)14-10(4-5-15)12(17)18/h2-3,6,10,15H,4-5H2,1H3,(H,14,16)(H,17,18). The molecule has 3 N–H and O–H groups in total. The third-order valence-electron chi connectivity index (χ3n) is 2.44. The van der Waals surface area contributed by atoms with E-state index < -0.39 is 17.9 Å². The molecule has 1 amide bonds. The number of carbonyl (C=O) groups is 2. The first-order valence-electron chi connectivity index (χ1n) is 5.47. The van der Waals surface area contributed by atoms with Crippen LogP contribution in [0.15, 0.2) is 23.1 Å². The molecule has 19 heavy (non-hydrogen) atoms. The molecule has 104 valence electrons. The lowest BCUT2D eigenvalue weighted by atomic mass is 10.1. The zero-order chi connectivity index (χ0) is 14.4. The number of carboxylic acids is 1. The molecule has 0 aliphatic carbocycles. The zero-order valence-corrected chi connectivity index (χ0v) is 11.8. The van der Waals surface area contributed by atoms with Crippen molar-refractivity contribution in [3.8, 4) is 0 Å². The fourth-order valence-electron chi connectivity index (χ4n) is 1.43. The first-order valence-corrected chi connectivity index (χ1v) is 7.08. The summed E-state index contributed by atoms with van der Waals surface area (Å²) in [5.74, 6) is -1.76. The van der Waals surface area contributed by atoms with E-state index in [1.165, 1.54) is 11.8 Å². The van der Waals surface area contributed by atoms with Crippen LogP contribution in [-0.2, 0) is 4.79 Å². The number of benzene rings is 1. The molecule has 0 bridgehead atoms. The van der Waals surface area contributed by atoms with Crippen LogP contribution in [0.4, 0.5) is 0 Å². The molecule has 0 radical (unpaired) electrons. The number of aliphatic hydroxyl groups excluding tert-OH is 1. The second-order valence-corrected chi connectivity index (χ2v) is 5.01. The molecule has 1 aromatic rings. The third kappa shape index (κ3) is 4.41. The second kappa shape index (κ2) is 7.37. The number of carbonyl (C=O) groups excluding carboxylic acids is 1. The minimum absolute atomic E-state index is 0.0547. The fraction of sp³-hybridized carbons (Fsp3) is 0.333. The summed E-state index contributed by atoms with van der Waals surface area (Å²) in [5, 5.41) is 20.3. The second-order valence-electron chi connectivity index (χ2n) is 3.72. The molecule has 1 unspecified atom stereocenters. The number of rotatable bonds is 6. The number of carboxylic acid groups (broad SMARTS) is 1. The number of aliphatic carboxylic acids is 1. The van der Waals surface area contributed by atoms with Gasteiger partial charge in [0.1, 0.15) is 6.04 Å². The average molecular weight is 304 g/mol. The van der Waals surface area contributed by atoms with Gasteiger partial charge in [0.15, 0.2) is 0 Å². The van der Waals surface area contributed by atoms with Crippen molar-refractivity contribution in [2.75, 3.05) is 12.9 Å². The van der Waals surface area contributed by atoms with Crippen molar-refractivity contribution in [3.63, 3.8) is 0 Å². The van der Waals surface area contributed by atoms with Crippen molar-refractivity contribution in [1.29, 1.82) is 0 Å². The molecule has 0 saturated carbocycles. The topological polar surface area (TPSA) is 86.6 Å². The lowest BCUT2D eigenvalue weighted by molar-refractivity contribution is -0.139. The zero-order valence-electron chi connectivity index (χ0n) is 10.2. The SMILES string of the molecule is CSc1ccc(Cl)c(C(=O)NC(CCO)C(=O)O)c1. The first-order chi connectivity index (χ1) is 8.99. The van der Waals surface area contributed by atoms with Crippen LogP contribution in [0.5, 0.6) is 0 Å². The predicted octanol–water partition coefficient (Wildman–Crippen LogP) is 1.63. The van der Waals surface area contributed by atoms with E-state index in [0.29, 0.717) is 0 Å². The molecule has 0 aliphatic heterocycles. The summed E-state index contributed by atoms with van der Waals surface area (Å²) in [6.07, 6.45) is 1.80. The van der Waals surface area contributed by atoms with Crippen molar-refractivity contribution >= 4 is 35.2 Å². The van der Waals surface area contributed by atoms with E-state index in [2.05, 4.69) is 5.32 Å². The fourth-order valence-corrected chi connectivity index (χ4v) is 2.07. The quantitative estimate of drug-likeness (QED) is 0.695. The first kappa shape index (κ1) is 15.8. The third-order valence-corrected chi connectivity index (χ3v) is 3.49. The number of aliphatic hydroxyl groups is 1. The number of halogens is 1. The highest BCUT2D eigenvalue weighted by atomic mass is 35.5. The number of amides is 1. The Morgan fingerprint density at radius 2 is 2.16 bits per heavy atom. The van der Waals surface area contributed by atoms with Gasteiger partial charge in [0.25, 0.3) is 5.91 Å². The maximum atomic E-state index is 12.0. The van der Waals surface area contributed by atoms with Crippen LogP contribution in [0.1, 0.15) is 16.8 Å². The maximum absolute atomic E-state index is 12.0. The lowest BCUT2D eigenvalue weighted by Gasteiger charge is -2.14. The molecule has 1 atom stereocenters. The molecule has 0 spiro atoms. The molecule has 5 nitrogen and oxygen atoms in total. The summed E-state index contributed by atoms with van der Waals surface area (Å²) in [7, 11) is 0. The van der Waals surface area contributed by atoms with Gasteiger partial charge in [-0.25, -0.2) is 4.79 Å². The molecule has 0 saturated heterocycles. The van der Waals surface area contributed by atoms with Gasteiger partial charge in [-0.1, -0.05) is 11.6 Å². The Hall–Kier alpha value is -1.24. The summed E-state index contributed by atoms with van der Waals surface area (Å²) in [6, 6.07) is 3.82. The van der Waals surface area contributed by atoms with Crippen LogP contribution in [-0.4, -0.2) is 41.0 Å². The van der Waals surface area contributed by atoms with E-state index in [9.17, 15) is 9.59 Å². The Labute approximate surface area is 120 Å². The van der Waals surface area contributed by atoms with E-state index in [1.54, 1.807) is 18.2 Å². The van der Waals surface area contributed by atoms with Gasteiger partial charge >= 0.3 is 5.97 Å². The average Bonchev–Trinajstić information content (AvgIpc) is 2.38. The Kier molecular flexibility index (Phi) is 6.14. The van der Waals surface area contributed by atoms with E-state index in [-0.39, 0.29) is 23.6 Å². The van der Waals surface area contributed by atoms with Gasteiger partial charge < -0.3 is 15.5 Å². The van der Waals surface area contributed by atoms with E-state index in [0.717, 1.165) is 4.90 Å². The Morgan fingerprint density at radius 3 is 2.68 bits per heavy atom. The molecule has 0 aromatic heterocycles. The molecule has 0 aliphatic rings. The van der Waals surface area contributed by atoms with Crippen molar-refractivity contribution < 1.29 is 19.8 Å². The summed E-state index contributed by atoms with van der Waals surface area (Å²) in [5.41, 5.74) is 0.220. The van der Waals surface area contributed by atoms with Crippen molar-refractivity contribution in [3.05, 3.63) is 28.8 Å². The normalized spacial score (nSPS) is 11.9. The molecular weight excluding hydrogens is 290 g/mol. The minimum atomic E-state index is -1.19. The van der Waals surface area contributed by atoms with Crippen LogP contribution < -0.4 is 5.32 Å². The van der Waals surface area contributed by atoms with Crippen LogP contribution >= 0.6 is 23.4 Å². The number of thioether (sulfide) groups is 1. The molecular formula is C12H14ClNO4S. The van der Waals surface area contributed by atoms with Gasteiger partial charge in [0.05, 0.1) is 10.6 Å². The summed E-state index contributed by atoms with van der Waals surface area (Å²) >= 11 is 7.37. The molecule has 1 aromatic carbocycles. The lowest BCUT2D eigenvalue weighted by Crippen LogP contribution is -2.41. The number of hydrogen-bond donors (Lipinski definition) is 3. The maximum Gasteiger partial charge on any atom is 0.326 e. The number of nitrogens with one attached hydrogen (secondary N) is 1. The van der Waals surface area contributed by atoms with E-state index >= 15 is 0 Å². The van der Waals surface area contributed by atoms with Gasteiger partial charge in [0, 0.05) is 17.9 Å². The summed E-state index contributed by atoms with van der Waals surface area (Å²) in [4.78, 5) is 23.7. The largest absolute Gasteiger partial charge is 0.480 e. The molecule has 1 rings (SSSR count). The predicted molar refractivity (Wildman–Crippen MR) is 73.8 cm³/mol. The highest BCUT2D eigenvalue weighted by molar-refractivity contribution is 7.98.